The monoisotopic (exact) mass is 407 g/mol. The van der Waals surface area contributed by atoms with Crippen LogP contribution in [0.5, 0.6) is 11.6 Å². The second kappa shape index (κ2) is 8.48. The number of nitriles is 1. The van der Waals surface area contributed by atoms with E-state index in [0.717, 1.165) is 39.8 Å². The molecule has 0 amide bonds. The highest BCUT2D eigenvalue weighted by molar-refractivity contribution is 7.18. The number of thiophene rings is 1. The van der Waals surface area contributed by atoms with Crippen LogP contribution >= 0.6 is 11.3 Å². The molecule has 0 atom stereocenters. The molecule has 0 radical (unpaired) electrons. The van der Waals surface area contributed by atoms with E-state index in [9.17, 15) is 0 Å². The highest BCUT2D eigenvalue weighted by atomic mass is 32.1. The van der Waals surface area contributed by atoms with Crippen molar-refractivity contribution >= 4 is 21.6 Å². The molecule has 29 heavy (non-hydrogen) atoms. The molecule has 0 unspecified atom stereocenters. The fraction of sp³-hybridized carbons (Fsp3) is 0.435. The Morgan fingerprint density at radius 3 is 2.59 bits per heavy atom. The number of rotatable bonds is 5. The van der Waals surface area contributed by atoms with Gasteiger partial charge in [0.25, 0.3) is 0 Å². The van der Waals surface area contributed by atoms with Gasteiger partial charge in [-0.3, -0.25) is 0 Å². The normalized spacial score (nSPS) is 19.2. The summed E-state index contributed by atoms with van der Waals surface area (Å²) >= 11 is 1.71. The maximum absolute atomic E-state index is 8.86. The van der Waals surface area contributed by atoms with Gasteiger partial charge in [-0.2, -0.15) is 10.2 Å². The van der Waals surface area contributed by atoms with Gasteiger partial charge >= 0.3 is 0 Å². The molecule has 0 bridgehead atoms. The Balaban J connectivity index is 1.64. The van der Waals surface area contributed by atoms with E-state index >= 15 is 0 Å². The molecule has 4 rings (SSSR count). The number of benzene rings is 1. The van der Waals surface area contributed by atoms with E-state index < -0.39 is 0 Å². The van der Waals surface area contributed by atoms with E-state index in [1.165, 1.54) is 36.4 Å². The lowest BCUT2D eigenvalue weighted by Crippen LogP contribution is -3.11. The summed E-state index contributed by atoms with van der Waals surface area (Å²) in [7, 11) is 0. The summed E-state index contributed by atoms with van der Waals surface area (Å²) in [5, 5.41) is 9.87. The zero-order chi connectivity index (χ0) is 20.4. The SMILES string of the molecule is Cc1sc2nc(C[NH+]3CCC(C)CC3)nc(Oc3ccc(CC#N)cc3)c2c1C. The average molecular weight is 408 g/mol. The molecule has 1 aliphatic rings. The van der Waals surface area contributed by atoms with Crippen molar-refractivity contribution in [1.29, 1.82) is 5.26 Å². The number of fused-ring (bicyclic) bond motifs is 1. The number of likely N-dealkylation sites (tertiary alicyclic amines) is 1. The summed E-state index contributed by atoms with van der Waals surface area (Å²) < 4.78 is 6.23. The third kappa shape index (κ3) is 4.42. The molecule has 0 spiro atoms. The van der Waals surface area contributed by atoms with Crippen LogP contribution in [0.4, 0.5) is 0 Å². The summed E-state index contributed by atoms with van der Waals surface area (Å²) in [5.41, 5.74) is 2.17. The average Bonchev–Trinajstić information content (AvgIpc) is 2.99. The molecule has 1 aliphatic heterocycles. The maximum Gasteiger partial charge on any atom is 0.231 e. The van der Waals surface area contributed by atoms with Crippen molar-refractivity contribution < 1.29 is 9.64 Å². The predicted octanol–water partition coefficient (Wildman–Crippen LogP) is 3.98. The predicted molar refractivity (Wildman–Crippen MR) is 116 cm³/mol. The minimum Gasteiger partial charge on any atom is -0.438 e. The Hall–Kier alpha value is -2.49. The van der Waals surface area contributed by atoms with E-state index in [2.05, 4.69) is 26.8 Å². The molecule has 2 aromatic heterocycles. The number of ether oxygens (including phenoxy) is 1. The van der Waals surface area contributed by atoms with E-state index in [1.807, 2.05) is 24.3 Å². The quantitative estimate of drug-likeness (QED) is 0.695. The van der Waals surface area contributed by atoms with Crippen molar-refractivity contribution in [3.63, 3.8) is 0 Å². The van der Waals surface area contributed by atoms with Crippen LogP contribution in [0.15, 0.2) is 24.3 Å². The van der Waals surface area contributed by atoms with E-state index in [-0.39, 0.29) is 0 Å². The first-order valence-corrected chi connectivity index (χ1v) is 11.1. The molecule has 3 heterocycles. The zero-order valence-corrected chi connectivity index (χ0v) is 18.1. The van der Waals surface area contributed by atoms with Crippen molar-refractivity contribution in [2.75, 3.05) is 13.1 Å². The molecule has 1 aromatic carbocycles. The molecular formula is C23H27N4OS+. The molecule has 150 valence electrons. The number of nitrogens with one attached hydrogen (secondary N) is 1. The number of piperidine rings is 1. The van der Waals surface area contributed by atoms with Crippen LogP contribution < -0.4 is 9.64 Å². The number of hydrogen-bond donors (Lipinski definition) is 1. The number of hydrogen-bond acceptors (Lipinski definition) is 5. The van der Waals surface area contributed by atoms with Gasteiger partial charge in [-0.1, -0.05) is 19.1 Å². The number of nitrogens with zero attached hydrogens (tertiary/aromatic N) is 3. The Kier molecular flexibility index (Phi) is 5.79. The fourth-order valence-electron chi connectivity index (χ4n) is 3.86. The number of aromatic nitrogens is 2. The second-order valence-electron chi connectivity index (χ2n) is 8.10. The first-order chi connectivity index (χ1) is 14.0. The molecule has 1 saturated heterocycles. The minimum atomic E-state index is 0.405. The molecule has 1 fully saturated rings. The van der Waals surface area contributed by atoms with Gasteiger partial charge in [-0.25, -0.2) is 4.98 Å². The van der Waals surface area contributed by atoms with Crippen molar-refractivity contribution in [3.05, 3.63) is 46.1 Å². The smallest absolute Gasteiger partial charge is 0.231 e. The second-order valence-corrected chi connectivity index (χ2v) is 9.30. The Morgan fingerprint density at radius 1 is 1.17 bits per heavy atom. The summed E-state index contributed by atoms with van der Waals surface area (Å²) in [6.45, 7) is 9.78. The van der Waals surface area contributed by atoms with Gasteiger partial charge in [-0.05, 0) is 55.9 Å². The van der Waals surface area contributed by atoms with Gasteiger partial charge in [0.05, 0.1) is 31.0 Å². The van der Waals surface area contributed by atoms with Crippen molar-refractivity contribution in [1.82, 2.24) is 9.97 Å². The van der Waals surface area contributed by atoms with Gasteiger partial charge in [0.1, 0.15) is 17.1 Å². The maximum atomic E-state index is 8.86. The molecule has 1 N–H and O–H groups in total. The fourth-order valence-corrected chi connectivity index (χ4v) is 4.90. The van der Waals surface area contributed by atoms with Gasteiger partial charge < -0.3 is 9.64 Å². The molecule has 6 heteroatoms. The summed E-state index contributed by atoms with van der Waals surface area (Å²) in [6, 6.07) is 9.86. The lowest BCUT2D eigenvalue weighted by molar-refractivity contribution is -0.920. The van der Waals surface area contributed by atoms with Crippen LogP contribution in [0.3, 0.4) is 0 Å². The molecular weight excluding hydrogens is 380 g/mol. The Morgan fingerprint density at radius 2 is 1.90 bits per heavy atom. The number of quaternary nitrogens is 1. The van der Waals surface area contributed by atoms with Crippen LogP contribution in [0.25, 0.3) is 10.2 Å². The Labute approximate surface area is 176 Å². The van der Waals surface area contributed by atoms with Gasteiger partial charge in [0.2, 0.25) is 5.88 Å². The van der Waals surface area contributed by atoms with Crippen LogP contribution in [-0.4, -0.2) is 23.1 Å². The van der Waals surface area contributed by atoms with Gasteiger partial charge in [0, 0.05) is 4.88 Å². The summed E-state index contributed by atoms with van der Waals surface area (Å²) in [6.07, 6.45) is 2.95. The Bertz CT molecular complexity index is 1040. The van der Waals surface area contributed by atoms with Crippen LogP contribution in [0.1, 0.15) is 41.6 Å². The van der Waals surface area contributed by atoms with Gasteiger partial charge in [-0.15, -0.1) is 11.3 Å². The highest BCUT2D eigenvalue weighted by Crippen LogP contribution is 2.36. The highest BCUT2D eigenvalue weighted by Gasteiger charge is 2.22. The lowest BCUT2D eigenvalue weighted by Gasteiger charge is -2.26. The van der Waals surface area contributed by atoms with Crippen LogP contribution in [0.2, 0.25) is 0 Å². The van der Waals surface area contributed by atoms with Crippen molar-refractivity contribution in [3.8, 4) is 17.7 Å². The van der Waals surface area contributed by atoms with Crippen LogP contribution in [-0.2, 0) is 13.0 Å². The van der Waals surface area contributed by atoms with E-state index in [0.29, 0.717) is 12.3 Å². The van der Waals surface area contributed by atoms with E-state index in [4.69, 9.17) is 20.0 Å². The lowest BCUT2D eigenvalue weighted by atomic mass is 9.99. The first kappa shape index (κ1) is 19.8. The largest absolute Gasteiger partial charge is 0.438 e. The molecule has 5 nitrogen and oxygen atoms in total. The van der Waals surface area contributed by atoms with Crippen molar-refractivity contribution in [2.45, 2.75) is 46.6 Å². The molecule has 0 aliphatic carbocycles. The topological polar surface area (TPSA) is 63.2 Å². The minimum absolute atomic E-state index is 0.405. The van der Waals surface area contributed by atoms with Crippen molar-refractivity contribution in [2.24, 2.45) is 5.92 Å². The third-order valence-electron chi connectivity index (χ3n) is 5.85. The third-order valence-corrected chi connectivity index (χ3v) is 6.95. The van der Waals surface area contributed by atoms with Crippen LogP contribution in [0, 0.1) is 31.1 Å². The summed E-state index contributed by atoms with van der Waals surface area (Å²) in [5.74, 6) is 3.07. The molecule has 0 saturated carbocycles. The van der Waals surface area contributed by atoms with Gasteiger partial charge in [0.15, 0.2) is 5.82 Å². The molecule has 3 aromatic rings. The van der Waals surface area contributed by atoms with E-state index in [1.54, 1.807) is 16.2 Å². The standard InChI is InChI=1S/C23H26N4OS/c1-15-9-12-27(13-10-15)14-20-25-22(21-16(2)17(3)29-23(21)26-20)28-19-6-4-18(5-7-19)8-11-24/h4-7,15H,8-10,12-14H2,1-3H3/p+1. The first-order valence-electron chi connectivity index (χ1n) is 10.3. The zero-order valence-electron chi connectivity index (χ0n) is 17.3. The summed E-state index contributed by atoms with van der Waals surface area (Å²) in [4.78, 5) is 13.5. The number of aryl methyl sites for hydroxylation is 2.